The second-order valence-electron chi connectivity index (χ2n) is 6.75. The summed E-state index contributed by atoms with van der Waals surface area (Å²) >= 11 is 0. The highest BCUT2D eigenvalue weighted by atomic mass is 15.1. The fraction of sp³-hybridized carbons (Fsp3) is 0.706. The van der Waals surface area contributed by atoms with Gasteiger partial charge < -0.3 is 10.2 Å². The fourth-order valence-electron chi connectivity index (χ4n) is 2.39. The van der Waals surface area contributed by atoms with Gasteiger partial charge in [0.1, 0.15) is 0 Å². The summed E-state index contributed by atoms with van der Waals surface area (Å²) in [4.78, 5) is 6.45. The van der Waals surface area contributed by atoms with Gasteiger partial charge in [0.05, 0.1) is 0 Å². The third-order valence-electron chi connectivity index (χ3n) is 3.69. The first-order valence-corrected chi connectivity index (χ1v) is 7.74. The van der Waals surface area contributed by atoms with Gasteiger partial charge in [-0.1, -0.05) is 27.7 Å². The average molecular weight is 277 g/mol. The van der Waals surface area contributed by atoms with Crippen LogP contribution in [-0.2, 0) is 6.54 Å². The molecule has 1 heterocycles. The largest absolute Gasteiger partial charge is 0.313 e. The predicted octanol–water partition coefficient (Wildman–Crippen LogP) is 3.32. The fourth-order valence-corrected chi connectivity index (χ4v) is 2.39. The van der Waals surface area contributed by atoms with Crippen LogP contribution in [0, 0.1) is 5.41 Å². The molecule has 1 unspecified atom stereocenters. The lowest BCUT2D eigenvalue weighted by Crippen LogP contribution is -2.42. The zero-order valence-corrected chi connectivity index (χ0v) is 13.8. The van der Waals surface area contributed by atoms with Gasteiger partial charge >= 0.3 is 0 Å². The number of rotatable bonds is 8. The van der Waals surface area contributed by atoms with Crippen LogP contribution in [0.2, 0.25) is 0 Å². The van der Waals surface area contributed by atoms with Crippen molar-refractivity contribution in [1.82, 2.24) is 15.2 Å². The highest BCUT2D eigenvalue weighted by molar-refractivity contribution is 5.09. The first kappa shape index (κ1) is 17.1. The summed E-state index contributed by atoms with van der Waals surface area (Å²) in [7, 11) is 2.19. The summed E-state index contributed by atoms with van der Waals surface area (Å²) in [6.45, 7) is 12.4. The Labute approximate surface area is 124 Å². The molecule has 0 spiro atoms. The van der Waals surface area contributed by atoms with Crippen LogP contribution in [-0.4, -0.2) is 36.1 Å². The Bertz CT molecular complexity index is 356. The van der Waals surface area contributed by atoms with E-state index in [9.17, 15) is 0 Å². The Balaban J connectivity index is 2.42. The monoisotopic (exact) mass is 277 g/mol. The maximum absolute atomic E-state index is 4.06. The van der Waals surface area contributed by atoms with E-state index in [1.807, 2.05) is 12.4 Å². The maximum Gasteiger partial charge on any atom is 0.0271 e. The summed E-state index contributed by atoms with van der Waals surface area (Å²) in [6, 6.07) is 4.75. The summed E-state index contributed by atoms with van der Waals surface area (Å²) < 4.78 is 0. The van der Waals surface area contributed by atoms with Crippen LogP contribution in [0.3, 0.4) is 0 Å². The molecule has 3 nitrogen and oxygen atoms in total. The number of nitrogens with zero attached hydrogens (tertiary/aromatic N) is 2. The number of hydrogen-bond donors (Lipinski definition) is 1. The molecule has 0 fully saturated rings. The van der Waals surface area contributed by atoms with Crippen molar-refractivity contribution in [3.05, 3.63) is 30.1 Å². The van der Waals surface area contributed by atoms with Crippen molar-refractivity contribution in [2.45, 2.75) is 53.1 Å². The molecule has 1 aromatic heterocycles. The van der Waals surface area contributed by atoms with Gasteiger partial charge in [-0.05, 0) is 56.1 Å². The zero-order valence-electron chi connectivity index (χ0n) is 13.8. The van der Waals surface area contributed by atoms with E-state index in [1.165, 1.54) is 18.4 Å². The minimum Gasteiger partial charge on any atom is -0.313 e. The van der Waals surface area contributed by atoms with E-state index < -0.39 is 0 Å². The summed E-state index contributed by atoms with van der Waals surface area (Å²) in [5.41, 5.74) is 1.64. The van der Waals surface area contributed by atoms with Crippen molar-refractivity contribution in [2.24, 2.45) is 5.41 Å². The van der Waals surface area contributed by atoms with Crippen LogP contribution in [0.15, 0.2) is 24.5 Å². The van der Waals surface area contributed by atoms with E-state index in [2.05, 4.69) is 62.1 Å². The molecule has 0 aromatic carbocycles. The van der Waals surface area contributed by atoms with Gasteiger partial charge in [-0.25, -0.2) is 0 Å². The molecule has 1 aromatic rings. The van der Waals surface area contributed by atoms with Crippen LogP contribution >= 0.6 is 0 Å². The SMILES string of the molecule is CCCNC(CCN(C)Cc1ccncc1)C(C)(C)C. The van der Waals surface area contributed by atoms with Crippen LogP contribution in [0.5, 0.6) is 0 Å². The second-order valence-corrected chi connectivity index (χ2v) is 6.75. The molecule has 20 heavy (non-hydrogen) atoms. The van der Waals surface area contributed by atoms with E-state index in [0.29, 0.717) is 11.5 Å². The van der Waals surface area contributed by atoms with Gasteiger partial charge in [0.2, 0.25) is 0 Å². The average Bonchev–Trinajstić information content (AvgIpc) is 2.38. The van der Waals surface area contributed by atoms with Crippen LogP contribution in [0.25, 0.3) is 0 Å². The van der Waals surface area contributed by atoms with Gasteiger partial charge in [0.25, 0.3) is 0 Å². The van der Waals surface area contributed by atoms with Gasteiger partial charge in [-0.2, -0.15) is 0 Å². The van der Waals surface area contributed by atoms with E-state index in [-0.39, 0.29) is 0 Å². The van der Waals surface area contributed by atoms with Crippen molar-refractivity contribution < 1.29 is 0 Å². The molecule has 3 heteroatoms. The lowest BCUT2D eigenvalue weighted by molar-refractivity contribution is 0.219. The minimum atomic E-state index is 0.312. The van der Waals surface area contributed by atoms with E-state index in [4.69, 9.17) is 0 Å². The quantitative estimate of drug-likeness (QED) is 0.790. The Morgan fingerprint density at radius 3 is 2.45 bits per heavy atom. The van der Waals surface area contributed by atoms with Crippen molar-refractivity contribution in [1.29, 1.82) is 0 Å². The molecule has 0 aliphatic heterocycles. The molecule has 1 N–H and O–H groups in total. The van der Waals surface area contributed by atoms with Crippen molar-refractivity contribution >= 4 is 0 Å². The molecule has 0 aliphatic carbocycles. The first-order chi connectivity index (χ1) is 9.43. The molecular formula is C17H31N3. The predicted molar refractivity (Wildman–Crippen MR) is 86.7 cm³/mol. The molecule has 0 radical (unpaired) electrons. The molecule has 0 amide bonds. The van der Waals surface area contributed by atoms with Gasteiger partial charge in [0.15, 0.2) is 0 Å². The van der Waals surface area contributed by atoms with Crippen LogP contribution in [0.4, 0.5) is 0 Å². The summed E-state index contributed by atoms with van der Waals surface area (Å²) in [5, 5.41) is 3.69. The van der Waals surface area contributed by atoms with Crippen LogP contribution in [0.1, 0.15) is 46.1 Å². The Morgan fingerprint density at radius 1 is 1.25 bits per heavy atom. The van der Waals surface area contributed by atoms with Crippen molar-refractivity contribution in [3.63, 3.8) is 0 Å². The van der Waals surface area contributed by atoms with Gasteiger partial charge in [-0.3, -0.25) is 4.98 Å². The molecule has 0 saturated carbocycles. The second kappa shape index (κ2) is 8.38. The number of hydrogen-bond acceptors (Lipinski definition) is 3. The zero-order chi connectivity index (χ0) is 15.0. The normalized spacial score (nSPS) is 13.7. The third-order valence-corrected chi connectivity index (χ3v) is 3.69. The number of pyridine rings is 1. The Morgan fingerprint density at radius 2 is 1.90 bits per heavy atom. The van der Waals surface area contributed by atoms with E-state index in [1.54, 1.807) is 0 Å². The van der Waals surface area contributed by atoms with Crippen LogP contribution < -0.4 is 5.32 Å². The molecule has 0 aliphatic rings. The lowest BCUT2D eigenvalue weighted by atomic mass is 9.84. The van der Waals surface area contributed by atoms with E-state index in [0.717, 1.165) is 19.6 Å². The Hall–Kier alpha value is -0.930. The van der Waals surface area contributed by atoms with Gasteiger partial charge in [-0.15, -0.1) is 0 Å². The molecular weight excluding hydrogens is 246 g/mol. The molecule has 1 atom stereocenters. The smallest absolute Gasteiger partial charge is 0.0271 e. The number of nitrogens with one attached hydrogen (secondary N) is 1. The summed E-state index contributed by atoms with van der Waals surface area (Å²) in [6.07, 6.45) is 6.11. The summed E-state index contributed by atoms with van der Waals surface area (Å²) in [5.74, 6) is 0. The highest BCUT2D eigenvalue weighted by Gasteiger charge is 2.23. The van der Waals surface area contributed by atoms with E-state index >= 15 is 0 Å². The molecule has 0 saturated heterocycles. The Kier molecular flexibility index (Phi) is 7.17. The minimum absolute atomic E-state index is 0.312. The topological polar surface area (TPSA) is 28.2 Å². The van der Waals surface area contributed by atoms with Crippen molar-refractivity contribution in [2.75, 3.05) is 20.1 Å². The molecule has 0 bridgehead atoms. The van der Waals surface area contributed by atoms with Crippen molar-refractivity contribution in [3.8, 4) is 0 Å². The van der Waals surface area contributed by atoms with Gasteiger partial charge in [0, 0.05) is 25.0 Å². The number of aromatic nitrogens is 1. The lowest BCUT2D eigenvalue weighted by Gasteiger charge is -2.33. The third kappa shape index (κ3) is 6.49. The molecule has 1 rings (SSSR count). The standard InChI is InChI=1S/C17H31N3/c1-6-10-19-16(17(2,3)4)9-13-20(5)14-15-7-11-18-12-8-15/h7-8,11-12,16,19H,6,9-10,13-14H2,1-5H3. The first-order valence-electron chi connectivity index (χ1n) is 7.74. The maximum atomic E-state index is 4.06. The molecule has 114 valence electrons. The highest BCUT2D eigenvalue weighted by Crippen LogP contribution is 2.22.